The Kier molecular flexibility index (Phi) is 5.70. The highest BCUT2D eigenvalue weighted by Gasteiger charge is 2.22. The lowest BCUT2D eigenvalue weighted by Gasteiger charge is -2.35. The van der Waals surface area contributed by atoms with Crippen LogP contribution in [-0.2, 0) is 11.2 Å². The highest BCUT2D eigenvalue weighted by molar-refractivity contribution is 6.31. The zero-order valence-electron chi connectivity index (χ0n) is 12.4. The number of piperidine rings is 1. The van der Waals surface area contributed by atoms with E-state index in [4.69, 9.17) is 22.1 Å². The number of anilines is 1. The average molecular weight is 297 g/mol. The molecule has 1 fully saturated rings. The van der Waals surface area contributed by atoms with Gasteiger partial charge in [-0.05, 0) is 43.4 Å². The molecule has 0 aromatic heterocycles. The van der Waals surface area contributed by atoms with Crippen molar-refractivity contribution in [3.05, 3.63) is 28.8 Å². The summed E-state index contributed by atoms with van der Waals surface area (Å²) in [5.41, 5.74) is 8.53. The van der Waals surface area contributed by atoms with E-state index in [0.29, 0.717) is 6.10 Å². The zero-order chi connectivity index (χ0) is 14.5. The molecular formula is C16H25ClN2O. The third-order valence-electron chi connectivity index (χ3n) is 4.14. The molecule has 0 amide bonds. The fourth-order valence-electron chi connectivity index (χ4n) is 2.80. The van der Waals surface area contributed by atoms with Crippen molar-refractivity contribution in [2.75, 3.05) is 25.1 Å². The van der Waals surface area contributed by atoms with Crippen molar-refractivity contribution in [3.63, 3.8) is 0 Å². The Labute approximate surface area is 127 Å². The van der Waals surface area contributed by atoms with Crippen LogP contribution < -0.4 is 10.6 Å². The fraction of sp³-hybridized carbons (Fsp3) is 0.625. The van der Waals surface area contributed by atoms with Crippen LogP contribution in [0.2, 0.25) is 5.02 Å². The molecule has 2 atom stereocenters. The van der Waals surface area contributed by atoms with Gasteiger partial charge in [0.15, 0.2) is 0 Å². The number of benzene rings is 1. The molecule has 1 aliphatic heterocycles. The quantitative estimate of drug-likeness (QED) is 0.906. The van der Waals surface area contributed by atoms with E-state index >= 15 is 0 Å². The summed E-state index contributed by atoms with van der Waals surface area (Å²) in [6, 6.07) is 6.30. The Morgan fingerprint density at radius 3 is 3.00 bits per heavy atom. The first-order valence-electron chi connectivity index (χ1n) is 7.46. The van der Waals surface area contributed by atoms with Gasteiger partial charge in [-0.15, -0.1) is 0 Å². The summed E-state index contributed by atoms with van der Waals surface area (Å²) in [5, 5.41) is 0.825. The van der Waals surface area contributed by atoms with Gasteiger partial charge in [0, 0.05) is 37.0 Å². The van der Waals surface area contributed by atoms with E-state index in [1.54, 1.807) is 7.11 Å². The third kappa shape index (κ3) is 3.66. The summed E-state index contributed by atoms with van der Waals surface area (Å²) in [5.74, 6) is 0. The molecular weight excluding hydrogens is 272 g/mol. The van der Waals surface area contributed by atoms with Gasteiger partial charge in [0.25, 0.3) is 0 Å². The normalized spacial score (nSPS) is 21.0. The van der Waals surface area contributed by atoms with Gasteiger partial charge in [-0.25, -0.2) is 0 Å². The highest BCUT2D eigenvalue weighted by Crippen LogP contribution is 2.31. The van der Waals surface area contributed by atoms with Crippen LogP contribution in [-0.4, -0.2) is 32.3 Å². The molecule has 1 aliphatic rings. The molecule has 1 heterocycles. The zero-order valence-corrected chi connectivity index (χ0v) is 13.2. The number of nitrogens with zero attached hydrogens (tertiary/aromatic N) is 1. The van der Waals surface area contributed by atoms with Crippen molar-refractivity contribution in [1.29, 1.82) is 0 Å². The molecule has 2 N–H and O–H groups in total. The monoisotopic (exact) mass is 296 g/mol. The van der Waals surface area contributed by atoms with Crippen LogP contribution in [0.5, 0.6) is 0 Å². The first kappa shape index (κ1) is 15.6. The van der Waals surface area contributed by atoms with Crippen molar-refractivity contribution in [3.8, 4) is 0 Å². The number of ether oxygens (including phenoxy) is 1. The van der Waals surface area contributed by atoms with E-state index in [2.05, 4.69) is 17.9 Å². The molecule has 3 nitrogen and oxygen atoms in total. The second kappa shape index (κ2) is 7.30. The molecule has 2 rings (SSSR count). The maximum absolute atomic E-state index is 6.41. The summed E-state index contributed by atoms with van der Waals surface area (Å²) >= 11 is 6.41. The van der Waals surface area contributed by atoms with E-state index in [-0.39, 0.29) is 6.04 Å². The van der Waals surface area contributed by atoms with E-state index in [1.165, 1.54) is 11.3 Å². The van der Waals surface area contributed by atoms with Crippen LogP contribution in [0.3, 0.4) is 0 Å². The summed E-state index contributed by atoms with van der Waals surface area (Å²) < 4.78 is 5.52. The van der Waals surface area contributed by atoms with Crippen molar-refractivity contribution in [1.82, 2.24) is 0 Å². The first-order chi connectivity index (χ1) is 9.65. The number of methoxy groups -OCH3 is 1. The molecule has 0 radical (unpaired) electrons. The first-order valence-corrected chi connectivity index (χ1v) is 7.84. The van der Waals surface area contributed by atoms with Crippen LogP contribution in [0.15, 0.2) is 18.2 Å². The summed E-state index contributed by atoms with van der Waals surface area (Å²) in [6.45, 7) is 4.11. The molecule has 2 unspecified atom stereocenters. The highest BCUT2D eigenvalue weighted by atomic mass is 35.5. The van der Waals surface area contributed by atoms with E-state index < -0.39 is 0 Å². The second-order valence-corrected chi connectivity index (χ2v) is 5.96. The maximum Gasteiger partial charge on any atom is 0.0746 e. The van der Waals surface area contributed by atoms with Gasteiger partial charge in [-0.1, -0.05) is 24.6 Å². The number of rotatable bonds is 5. The molecule has 0 spiro atoms. The molecule has 112 valence electrons. The Morgan fingerprint density at radius 1 is 1.50 bits per heavy atom. The standard InChI is InChI=1S/C16H25ClN2O/c1-3-12(18)10-14-15(17)7-4-8-16(14)19-9-5-6-13(11-19)20-2/h4,7-8,12-13H,3,5-6,9-11,18H2,1-2H3. The minimum Gasteiger partial charge on any atom is -0.380 e. The molecule has 4 heteroatoms. The summed E-state index contributed by atoms with van der Waals surface area (Å²) in [4.78, 5) is 2.39. The van der Waals surface area contributed by atoms with E-state index in [0.717, 1.165) is 43.8 Å². The largest absolute Gasteiger partial charge is 0.380 e. The van der Waals surface area contributed by atoms with E-state index in [1.807, 2.05) is 12.1 Å². The average Bonchev–Trinajstić information content (AvgIpc) is 2.49. The summed E-state index contributed by atoms with van der Waals surface area (Å²) in [7, 11) is 1.79. The summed E-state index contributed by atoms with van der Waals surface area (Å²) in [6.07, 6.45) is 4.41. The lowest BCUT2D eigenvalue weighted by atomic mass is 10.00. The van der Waals surface area contributed by atoms with Gasteiger partial charge < -0.3 is 15.4 Å². The van der Waals surface area contributed by atoms with Crippen LogP contribution >= 0.6 is 11.6 Å². The minimum absolute atomic E-state index is 0.164. The van der Waals surface area contributed by atoms with Crippen LogP contribution in [0.25, 0.3) is 0 Å². The minimum atomic E-state index is 0.164. The van der Waals surface area contributed by atoms with Gasteiger partial charge in [0.1, 0.15) is 0 Å². The van der Waals surface area contributed by atoms with Crippen LogP contribution in [0, 0.1) is 0 Å². The van der Waals surface area contributed by atoms with Crippen LogP contribution in [0.1, 0.15) is 31.7 Å². The van der Waals surface area contributed by atoms with Gasteiger partial charge >= 0.3 is 0 Å². The van der Waals surface area contributed by atoms with Crippen LogP contribution in [0.4, 0.5) is 5.69 Å². The van der Waals surface area contributed by atoms with Crippen molar-refractivity contribution < 1.29 is 4.74 Å². The molecule has 0 aliphatic carbocycles. The lowest BCUT2D eigenvalue weighted by Crippen LogP contribution is -2.40. The molecule has 20 heavy (non-hydrogen) atoms. The Bertz CT molecular complexity index is 438. The number of hydrogen-bond donors (Lipinski definition) is 1. The number of nitrogens with two attached hydrogens (primary N) is 1. The fourth-order valence-corrected chi connectivity index (χ4v) is 3.05. The van der Waals surface area contributed by atoms with Gasteiger partial charge in [-0.3, -0.25) is 0 Å². The smallest absolute Gasteiger partial charge is 0.0746 e. The maximum atomic E-state index is 6.41. The Balaban J connectivity index is 2.23. The Hall–Kier alpha value is -0.770. The lowest BCUT2D eigenvalue weighted by molar-refractivity contribution is 0.0893. The third-order valence-corrected chi connectivity index (χ3v) is 4.49. The predicted octanol–water partition coefficient (Wildman–Crippen LogP) is 3.24. The van der Waals surface area contributed by atoms with Gasteiger partial charge in [0.05, 0.1) is 6.10 Å². The van der Waals surface area contributed by atoms with E-state index in [9.17, 15) is 0 Å². The van der Waals surface area contributed by atoms with Crippen molar-refractivity contribution in [2.45, 2.75) is 44.8 Å². The molecule has 1 aromatic carbocycles. The second-order valence-electron chi connectivity index (χ2n) is 5.56. The molecule has 1 aromatic rings. The van der Waals surface area contributed by atoms with Crippen molar-refractivity contribution >= 4 is 17.3 Å². The Morgan fingerprint density at radius 2 is 2.30 bits per heavy atom. The topological polar surface area (TPSA) is 38.5 Å². The van der Waals surface area contributed by atoms with Crippen molar-refractivity contribution in [2.24, 2.45) is 5.73 Å². The molecule has 0 saturated carbocycles. The predicted molar refractivity (Wildman–Crippen MR) is 85.7 cm³/mol. The number of hydrogen-bond acceptors (Lipinski definition) is 3. The molecule has 1 saturated heterocycles. The van der Waals surface area contributed by atoms with Gasteiger partial charge in [0.2, 0.25) is 0 Å². The molecule has 0 bridgehead atoms. The van der Waals surface area contributed by atoms with Gasteiger partial charge in [-0.2, -0.15) is 0 Å². The SMILES string of the molecule is CCC(N)Cc1c(Cl)cccc1N1CCCC(OC)C1. The number of halogens is 1.